The van der Waals surface area contributed by atoms with Crippen LogP contribution in [0, 0.1) is 5.92 Å². The molecule has 0 aliphatic carbocycles. The van der Waals surface area contributed by atoms with Gasteiger partial charge in [0.15, 0.2) is 5.78 Å². The minimum Gasteiger partial charge on any atom is -0.481 e. The highest BCUT2D eigenvalue weighted by atomic mass is 16.4. The van der Waals surface area contributed by atoms with Crippen molar-refractivity contribution in [2.45, 2.75) is 18.5 Å². The minimum atomic E-state index is -1.06. The van der Waals surface area contributed by atoms with Crippen LogP contribution in [-0.2, 0) is 4.79 Å². The first-order valence-corrected chi connectivity index (χ1v) is 7.66. The maximum atomic E-state index is 12.2. The summed E-state index contributed by atoms with van der Waals surface area (Å²) in [5, 5.41) is 12.2. The Morgan fingerprint density at radius 2 is 2.14 bits per heavy atom. The summed E-state index contributed by atoms with van der Waals surface area (Å²) in [6.07, 6.45) is 1.20. The van der Waals surface area contributed by atoms with Crippen LogP contribution in [0.15, 0.2) is 18.2 Å². The Bertz CT molecular complexity index is 658. The Hall–Kier alpha value is -2.08. The zero-order chi connectivity index (χ0) is 15.4. The molecule has 0 radical (unpaired) electrons. The summed E-state index contributed by atoms with van der Waals surface area (Å²) in [5.74, 6) is -2.34. The van der Waals surface area contributed by atoms with Crippen LogP contribution >= 0.6 is 0 Å². The summed E-state index contributed by atoms with van der Waals surface area (Å²) in [6.45, 7) is 2.26. The van der Waals surface area contributed by atoms with Gasteiger partial charge in [-0.05, 0) is 31.7 Å². The molecule has 2 N–H and O–H groups in total. The largest absolute Gasteiger partial charge is 0.481 e. The van der Waals surface area contributed by atoms with Crippen molar-refractivity contribution >= 4 is 23.1 Å². The lowest BCUT2D eigenvalue weighted by Crippen LogP contribution is -2.44. The number of carbonyl (C=O) groups excluding carboxylic acids is 1. The summed E-state index contributed by atoms with van der Waals surface area (Å²) < 4.78 is 0. The lowest BCUT2D eigenvalue weighted by atomic mass is 9.92. The van der Waals surface area contributed by atoms with Gasteiger partial charge in [-0.2, -0.15) is 0 Å². The van der Waals surface area contributed by atoms with Gasteiger partial charge in [0.25, 0.3) is 0 Å². The van der Waals surface area contributed by atoms with Crippen molar-refractivity contribution in [2.75, 3.05) is 36.9 Å². The van der Waals surface area contributed by atoms with Crippen LogP contribution in [0.3, 0.4) is 0 Å². The maximum absolute atomic E-state index is 12.2. The number of benzene rings is 1. The van der Waals surface area contributed by atoms with E-state index in [4.69, 9.17) is 5.11 Å². The van der Waals surface area contributed by atoms with Crippen molar-refractivity contribution in [3.63, 3.8) is 0 Å². The molecule has 0 aromatic heterocycles. The molecule has 3 heterocycles. The molecule has 6 heteroatoms. The van der Waals surface area contributed by atoms with Gasteiger partial charge in [-0.25, -0.2) is 0 Å². The second kappa shape index (κ2) is 4.71. The van der Waals surface area contributed by atoms with Crippen molar-refractivity contribution in [2.24, 2.45) is 5.92 Å². The first kappa shape index (κ1) is 13.6. The van der Waals surface area contributed by atoms with Crippen LogP contribution in [0.2, 0.25) is 0 Å². The molecule has 22 heavy (non-hydrogen) atoms. The molecule has 3 atom stereocenters. The van der Waals surface area contributed by atoms with E-state index in [2.05, 4.69) is 22.2 Å². The minimum absolute atomic E-state index is 0.166. The normalized spacial score (nSPS) is 30.3. The monoisotopic (exact) mass is 301 g/mol. The van der Waals surface area contributed by atoms with E-state index in [-0.39, 0.29) is 12.3 Å². The second-order valence-corrected chi connectivity index (χ2v) is 6.50. The van der Waals surface area contributed by atoms with Gasteiger partial charge in [0.05, 0.1) is 0 Å². The Balaban J connectivity index is 1.61. The van der Waals surface area contributed by atoms with E-state index in [0.717, 1.165) is 24.5 Å². The first-order chi connectivity index (χ1) is 10.5. The maximum Gasteiger partial charge on any atom is 0.316 e. The lowest BCUT2D eigenvalue weighted by Gasteiger charge is -2.34. The number of hydrogen-bond donors (Lipinski definition) is 2. The zero-order valence-corrected chi connectivity index (χ0v) is 12.5. The van der Waals surface area contributed by atoms with Gasteiger partial charge in [-0.15, -0.1) is 0 Å². The third kappa shape index (κ3) is 1.90. The van der Waals surface area contributed by atoms with Crippen LogP contribution < -0.4 is 10.2 Å². The fraction of sp³-hybridized carbons (Fsp3) is 0.500. The van der Waals surface area contributed by atoms with E-state index in [0.29, 0.717) is 17.6 Å². The number of aliphatic carboxylic acids is 1. The van der Waals surface area contributed by atoms with Crippen molar-refractivity contribution in [3.05, 3.63) is 23.8 Å². The Labute approximate surface area is 128 Å². The number of piperazine rings is 1. The molecular weight excluding hydrogens is 282 g/mol. The molecule has 0 spiro atoms. The van der Waals surface area contributed by atoms with E-state index in [9.17, 15) is 9.59 Å². The number of ketones is 1. The fourth-order valence-electron chi connectivity index (χ4n) is 3.95. The van der Waals surface area contributed by atoms with Gasteiger partial charge in [-0.1, -0.05) is 0 Å². The second-order valence-electron chi connectivity index (χ2n) is 6.50. The summed E-state index contributed by atoms with van der Waals surface area (Å²) in [6, 6.07) is 6.87. The molecule has 1 aromatic carbocycles. The summed E-state index contributed by atoms with van der Waals surface area (Å²) >= 11 is 0. The molecule has 3 aliphatic heterocycles. The molecule has 2 saturated heterocycles. The molecular formula is C16H19N3O3. The number of hydrogen-bond acceptors (Lipinski definition) is 5. The molecule has 0 amide bonds. The summed E-state index contributed by atoms with van der Waals surface area (Å²) in [4.78, 5) is 28.1. The summed E-state index contributed by atoms with van der Waals surface area (Å²) in [7, 11) is 2.17. The van der Waals surface area contributed by atoms with Crippen molar-refractivity contribution in [1.82, 2.24) is 4.90 Å². The predicted molar refractivity (Wildman–Crippen MR) is 82.6 cm³/mol. The number of rotatable bonds is 2. The molecule has 2 bridgehead atoms. The molecule has 0 saturated carbocycles. The lowest BCUT2D eigenvalue weighted by molar-refractivity contribution is -0.139. The number of Topliss-reactive ketones (excluding diaryl/α,β-unsaturated/α-hetero) is 1. The molecule has 6 nitrogen and oxygen atoms in total. The van der Waals surface area contributed by atoms with Crippen LogP contribution in [0.5, 0.6) is 0 Å². The van der Waals surface area contributed by atoms with E-state index in [1.807, 2.05) is 12.1 Å². The molecule has 4 rings (SSSR count). The number of fused-ring (bicyclic) bond motifs is 3. The molecule has 116 valence electrons. The van der Waals surface area contributed by atoms with Crippen LogP contribution in [0.4, 0.5) is 11.4 Å². The Morgan fingerprint density at radius 1 is 1.32 bits per heavy atom. The molecule has 1 unspecified atom stereocenters. The topological polar surface area (TPSA) is 72.9 Å². The number of anilines is 2. The average molecular weight is 301 g/mol. The van der Waals surface area contributed by atoms with E-state index in [1.165, 1.54) is 6.42 Å². The van der Waals surface area contributed by atoms with Gasteiger partial charge in [-0.3, -0.25) is 14.5 Å². The number of nitrogens with one attached hydrogen (secondary N) is 1. The number of carbonyl (C=O) groups is 2. The number of carboxylic acids is 1. The van der Waals surface area contributed by atoms with Gasteiger partial charge < -0.3 is 15.3 Å². The fourth-order valence-corrected chi connectivity index (χ4v) is 3.95. The van der Waals surface area contributed by atoms with Gasteiger partial charge in [0.1, 0.15) is 5.92 Å². The highest BCUT2D eigenvalue weighted by Crippen LogP contribution is 2.36. The zero-order valence-electron chi connectivity index (χ0n) is 12.5. The third-order valence-corrected chi connectivity index (χ3v) is 5.23. The predicted octanol–water partition coefficient (Wildman–Crippen LogP) is 0.888. The van der Waals surface area contributed by atoms with Crippen LogP contribution in [0.1, 0.15) is 16.8 Å². The standard InChI is InChI=1S/C16H19N3O3/c1-18-7-11-4-10(18)8-19(11)9-2-3-12-14(5-9)17-6-13(15(12)20)16(21)22/h2-3,5,10-11,13,17H,4,6-8H2,1H3,(H,21,22)/t10-,11-,13?/m0/s1. The number of carboxylic acid groups (broad SMARTS) is 1. The van der Waals surface area contributed by atoms with Crippen molar-refractivity contribution in [1.29, 1.82) is 0 Å². The molecule has 2 fully saturated rings. The summed E-state index contributed by atoms with van der Waals surface area (Å²) in [5.41, 5.74) is 2.37. The number of likely N-dealkylation sites (tertiary alicyclic amines) is 1. The number of nitrogens with zero attached hydrogens (tertiary/aromatic N) is 2. The quantitative estimate of drug-likeness (QED) is 0.790. The average Bonchev–Trinajstić information content (AvgIpc) is 3.06. The molecule has 3 aliphatic rings. The van der Waals surface area contributed by atoms with Crippen molar-refractivity contribution < 1.29 is 14.7 Å². The Kier molecular flexibility index (Phi) is 2.91. The SMILES string of the molecule is CN1C[C@@H]2C[C@H]1CN2c1ccc2c(c1)NCC(C(=O)O)C2=O. The Morgan fingerprint density at radius 3 is 2.77 bits per heavy atom. The van der Waals surface area contributed by atoms with E-state index in [1.54, 1.807) is 6.07 Å². The van der Waals surface area contributed by atoms with Gasteiger partial charge in [0, 0.05) is 48.7 Å². The van der Waals surface area contributed by atoms with E-state index < -0.39 is 11.9 Å². The highest BCUT2D eigenvalue weighted by Gasteiger charge is 2.42. The molecule has 1 aromatic rings. The van der Waals surface area contributed by atoms with Crippen molar-refractivity contribution in [3.8, 4) is 0 Å². The van der Waals surface area contributed by atoms with Gasteiger partial charge in [0.2, 0.25) is 0 Å². The first-order valence-electron chi connectivity index (χ1n) is 7.66. The third-order valence-electron chi connectivity index (χ3n) is 5.23. The highest BCUT2D eigenvalue weighted by molar-refractivity contribution is 6.13. The van der Waals surface area contributed by atoms with E-state index >= 15 is 0 Å². The van der Waals surface area contributed by atoms with Crippen LogP contribution in [-0.4, -0.2) is 60.5 Å². The van der Waals surface area contributed by atoms with Gasteiger partial charge >= 0.3 is 5.97 Å². The number of likely N-dealkylation sites (N-methyl/N-ethyl adjacent to an activating group) is 1. The van der Waals surface area contributed by atoms with Crippen LogP contribution in [0.25, 0.3) is 0 Å². The smallest absolute Gasteiger partial charge is 0.316 e.